The first-order chi connectivity index (χ1) is 6.77. The van der Waals surface area contributed by atoms with Crippen LogP contribution in [0.2, 0.25) is 0 Å². The summed E-state index contributed by atoms with van der Waals surface area (Å²) < 4.78 is 12.8. The highest BCUT2D eigenvalue weighted by Gasteiger charge is 2.10. The summed E-state index contributed by atoms with van der Waals surface area (Å²) in [5, 5.41) is 9.81. The van der Waals surface area contributed by atoms with Gasteiger partial charge >= 0.3 is 0 Å². The van der Waals surface area contributed by atoms with Crippen molar-refractivity contribution in [2.24, 2.45) is 0 Å². The molecule has 1 aromatic carbocycles. The first kappa shape index (κ1) is 8.97. The Morgan fingerprint density at radius 3 is 2.71 bits per heavy atom. The summed E-state index contributed by atoms with van der Waals surface area (Å²) in [5.41, 5.74) is 1.21. The smallest absolute Gasteiger partial charge is 0.123 e. The van der Waals surface area contributed by atoms with Crippen molar-refractivity contribution in [2.75, 3.05) is 0 Å². The van der Waals surface area contributed by atoms with Gasteiger partial charge in [0, 0.05) is 11.9 Å². The second-order valence-corrected chi connectivity index (χ2v) is 3.08. The van der Waals surface area contributed by atoms with Crippen LogP contribution >= 0.6 is 0 Å². The predicted molar refractivity (Wildman–Crippen MR) is 51.3 cm³/mol. The lowest BCUT2D eigenvalue weighted by Gasteiger charge is -2.08. The molecule has 0 radical (unpaired) electrons. The Labute approximate surface area is 81.0 Å². The Balaban J connectivity index is 2.32. The largest absolute Gasteiger partial charge is 0.382 e. The lowest BCUT2D eigenvalue weighted by molar-refractivity contribution is 0.215. The van der Waals surface area contributed by atoms with Crippen molar-refractivity contribution in [3.8, 4) is 0 Å². The molecule has 2 rings (SSSR count). The van der Waals surface area contributed by atoms with Crippen molar-refractivity contribution in [1.82, 2.24) is 4.98 Å². The molecule has 2 nitrogen and oxygen atoms in total. The zero-order valence-electron chi connectivity index (χ0n) is 7.44. The van der Waals surface area contributed by atoms with Gasteiger partial charge < -0.3 is 10.1 Å². The van der Waals surface area contributed by atoms with Gasteiger partial charge in [0.15, 0.2) is 0 Å². The van der Waals surface area contributed by atoms with Crippen LogP contribution in [0.4, 0.5) is 4.39 Å². The monoisotopic (exact) mass is 191 g/mol. The van der Waals surface area contributed by atoms with Crippen molar-refractivity contribution in [1.29, 1.82) is 0 Å². The molecule has 0 bridgehead atoms. The molecular weight excluding hydrogens is 181 g/mol. The van der Waals surface area contributed by atoms with Gasteiger partial charge in [0.2, 0.25) is 0 Å². The molecule has 0 saturated heterocycles. The number of rotatable bonds is 2. The van der Waals surface area contributed by atoms with Gasteiger partial charge in [-0.15, -0.1) is 0 Å². The topological polar surface area (TPSA) is 36.0 Å². The quantitative estimate of drug-likeness (QED) is 0.750. The standard InChI is InChI=1S/C11H10FNO/c12-9-4-1-3-8(7-9)11(14)10-5-2-6-13-10/h1-7,11,13-14H. The number of hydrogen-bond donors (Lipinski definition) is 2. The first-order valence-electron chi connectivity index (χ1n) is 4.34. The van der Waals surface area contributed by atoms with E-state index in [1.807, 2.05) is 0 Å². The summed E-state index contributed by atoms with van der Waals surface area (Å²) in [7, 11) is 0. The van der Waals surface area contributed by atoms with E-state index in [4.69, 9.17) is 0 Å². The number of hydrogen-bond acceptors (Lipinski definition) is 1. The molecule has 0 aliphatic rings. The lowest BCUT2D eigenvalue weighted by Crippen LogP contribution is -1.99. The number of halogens is 1. The average molecular weight is 191 g/mol. The molecule has 0 aliphatic carbocycles. The maximum absolute atomic E-state index is 12.8. The lowest BCUT2D eigenvalue weighted by atomic mass is 10.1. The minimum Gasteiger partial charge on any atom is -0.382 e. The molecular formula is C11H10FNO. The van der Waals surface area contributed by atoms with E-state index < -0.39 is 6.10 Å². The summed E-state index contributed by atoms with van der Waals surface area (Å²) in [4.78, 5) is 2.88. The van der Waals surface area contributed by atoms with Gasteiger partial charge in [-0.25, -0.2) is 4.39 Å². The van der Waals surface area contributed by atoms with Gasteiger partial charge in [-0.2, -0.15) is 0 Å². The van der Waals surface area contributed by atoms with Crippen molar-refractivity contribution >= 4 is 0 Å². The molecule has 0 amide bonds. The van der Waals surface area contributed by atoms with Gasteiger partial charge in [0.25, 0.3) is 0 Å². The van der Waals surface area contributed by atoms with Gasteiger partial charge in [-0.1, -0.05) is 12.1 Å². The fourth-order valence-corrected chi connectivity index (χ4v) is 1.37. The molecule has 2 aromatic rings. The molecule has 1 aromatic heterocycles. The SMILES string of the molecule is OC(c1cccc(F)c1)c1ccc[nH]1. The van der Waals surface area contributed by atoms with E-state index in [0.717, 1.165) is 0 Å². The van der Waals surface area contributed by atoms with Crippen LogP contribution in [0.25, 0.3) is 0 Å². The third-order valence-electron chi connectivity index (χ3n) is 2.08. The van der Waals surface area contributed by atoms with Gasteiger partial charge in [-0.3, -0.25) is 0 Å². The van der Waals surface area contributed by atoms with Gasteiger partial charge in [0.05, 0.1) is 0 Å². The summed E-state index contributed by atoms with van der Waals surface area (Å²) in [6.07, 6.45) is 0.929. The third kappa shape index (κ3) is 1.67. The number of benzene rings is 1. The van der Waals surface area contributed by atoms with E-state index in [-0.39, 0.29) is 5.82 Å². The fourth-order valence-electron chi connectivity index (χ4n) is 1.37. The molecule has 2 N–H and O–H groups in total. The maximum atomic E-state index is 12.8. The van der Waals surface area contributed by atoms with E-state index in [0.29, 0.717) is 11.3 Å². The highest BCUT2D eigenvalue weighted by Crippen LogP contribution is 2.20. The van der Waals surface area contributed by atoms with Crippen molar-refractivity contribution in [3.05, 3.63) is 59.7 Å². The van der Waals surface area contributed by atoms with Crippen LogP contribution in [0.5, 0.6) is 0 Å². The minimum absolute atomic E-state index is 0.340. The van der Waals surface area contributed by atoms with Crippen LogP contribution in [0, 0.1) is 5.82 Å². The first-order valence-corrected chi connectivity index (χ1v) is 4.34. The van der Waals surface area contributed by atoms with Crippen molar-refractivity contribution in [3.63, 3.8) is 0 Å². The van der Waals surface area contributed by atoms with Crippen LogP contribution in [-0.2, 0) is 0 Å². The van der Waals surface area contributed by atoms with Crippen molar-refractivity contribution < 1.29 is 9.50 Å². The molecule has 1 unspecified atom stereocenters. The Morgan fingerprint density at radius 2 is 2.07 bits per heavy atom. The fraction of sp³-hybridized carbons (Fsp3) is 0.0909. The summed E-state index contributed by atoms with van der Waals surface area (Å²) >= 11 is 0. The van der Waals surface area contributed by atoms with Crippen LogP contribution in [0.3, 0.4) is 0 Å². The van der Waals surface area contributed by atoms with Crippen LogP contribution < -0.4 is 0 Å². The van der Waals surface area contributed by atoms with E-state index in [9.17, 15) is 9.50 Å². The molecule has 72 valence electrons. The summed E-state index contributed by atoms with van der Waals surface area (Å²) in [5.74, 6) is -0.340. The number of aromatic amines is 1. The Hall–Kier alpha value is -1.61. The van der Waals surface area contributed by atoms with Gasteiger partial charge in [0.1, 0.15) is 11.9 Å². The summed E-state index contributed by atoms with van der Waals surface area (Å²) in [6, 6.07) is 9.50. The second kappa shape index (κ2) is 3.64. The Kier molecular flexibility index (Phi) is 2.33. The molecule has 1 heterocycles. The highest BCUT2D eigenvalue weighted by atomic mass is 19.1. The number of aliphatic hydroxyl groups excluding tert-OH is 1. The molecule has 0 spiro atoms. The third-order valence-corrected chi connectivity index (χ3v) is 2.08. The van der Waals surface area contributed by atoms with Crippen LogP contribution in [0.1, 0.15) is 17.4 Å². The molecule has 3 heteroatoms. The number of aliphatic hydroxyl groups is 1. The summed E-state index contributed by atoms with van der Waals surface area (Å²) in [6.45, 7) is 0. The molecule has 14 heavy (non-hydrogen) atoms. The highest BCUT2D eigenvalue weighted by molar-refractivity contribution is 5.26. The second-order valence-electron chi connectivity index (χ2n) is 3.08. The van der Waals surface area contributed by atoms with Crippen molar-refractivity contribution in [2.45, 2.75) is 6.10 Å². The van der Waals surface area contributed by atoms with E-state index in [2.05, 4.69) is 4.98 Å². The number of nitrogens with one attached hydrogen (secondary N) is 1. The zero-order chi connectivity index (χ0) is 9.97. The average Bonchev–Trinajstić information content (AvgIpc) is 2.69. The van der Waals surface area contributed by atoms with Crippen LogP contribution in [-0.4, -0.2) is 10.1 Å². The minimum atomic E-state index is -0.791. The molecule has 0 saturated carbocycles. The predicted octanol–water partition coefficient (Wildman–Crippen LogP) is 2.24. The van der Waals surface area contributed by atoms with Gasteiger partial charge in [-0.05, 0) is 29.8 Å². The molecule has 1 atom stereocenters. The van der Waals surface area contributed by atoms with Crippen LogP contribution in [0.15, 0.2) is 42.6 Å². The zero-order valence-corrected chi connectivity index (χ0v) is 7.44. The maximum Gasteiger partial charge on any atom is 0.123 e. The Bertz CT molecular complexity index is 411. The van der Waals surface area contributed by atoms with E-state index in [1.165, 1.54) is 12.1 Å². The van der Waals surface area contributed by atoms with E-state index in [1.54, 1.807) is 30.5 Å². The van der Waals surface area contributed by atoms with E-state index >= 15 is 0 Å². The molecule has 0 aliphatic heterocycles. The number of H-pyrrole nitrogens is 1. The Morgan fingerprint density at radius 1 is 1.21 bits per heavy atom. The molecule has 0 fully saturated rings. The normalized spacial score (nSPS) is 12.7. The number of aromatic nitrogens is 1.